The summed E-state index contributed by atoms with van der Waals surface area (Å²) in [5.74, 6) is 1.77. The van der Waals surface area contributed by atoms with Crippen LogP contribution in [-0.4, -0.2) is 16.0 Å². The van der Waals surface area contributed by atoms with Gasteiger partial charge in [0, 0.05) is 18.4 Å². The first-order valence-corrected chi connectivity index (χ1v) is 4.37. The molecule has 0 amide bonds. The lowest BCUT2D eigenvalue weighted by Gasteiger charge is -2.33. The molecule has 1 saturated carbocycles. The standard InChI is InChI=1S/C9H13N3/c1-7-4-8(5-7)12-9-6-10-2-3-11-9/h2-3,6-8H,4-5H2,1H3,(H,11,12). The van der Waals surface area contributed by atoms with E-state index in [9.17, 15) is 0 Å². The molecular weight excluding hydrogens is 150 g/mol. The average molecular weight is 163 g/mol. The monoisotopic (exact) mass is 163 g/mol. The molecule has 12 heavy (non-hydrogen) atoms. The Morgan fingerprint density at radius 2 is 2.25 bits per heavy atom. The Bertz CT molecular complexity index is 241. The number of hydrogen-bond donors (Lipinski definition) is 1. The summed E-state index contributed by atoms with van der Waals surface area (Å²) in [6.45, 7) is 2.27. The Morgan fingerprint density at radius 1 is 1.42 bits per heavy atom. The molecule has 3 nitrogen and oxygen atoms in total. The SMILES string of the molecule is CC1CC(Nc2cnccn2)C1. The largest absolute Gasteiger partial charge is 0.366 e. The van der Waals surface area contributed by atoms with Crippen LogP contribution in [0.4, 0.5) is 5.82 Å². The fraction of sp³-hybridized carbons (Fsp3) is 0.556. The van der Waals surface area contributed by atoms with E-state index in [1.165, 1.54) is 12.8 Å². The Kier molecular flexibility index (Phi) is 1.94. The predicted molar refractivity (Wildman–Crippen MR) is 47.8 cm³/mol. The lowest BCUT2D eigenvalue weighted by Crippen LogP contribution is -2.34. The van der Waals surface area contributed by atoms with Gasteiger partial charge in [-0.25, -0.2) is 4.98 Å². The van der Waals surface area contributed by atoms with E-state index in [1.807, 2.05) is 0 Å². The second-order valence-electron chi connectivity index (χ2n) is 3.51. The van der Waals surface area contributed by atoms with Gasteiger partial charge in [0.25, 0.3) is 0 Å². The smallest absolute Gasteiger partial charge is 0.144 e. The lowest BCUT2D eigenvalue weighted by atomic mass is 9.82. The summed E-state index contributed by atoms with van der Waals surface area (Å²) in [5, 5.41) is 3.34. The van der Waals surface area contributed by atoms with Crippen LogP contribution in [-0.2, 0) is 0 Å². The van der Waals surface area contributed by atoms with Gasteiger partial charge < -0.3 is 5.32 Å². The molecule has 0 aromatic carbocycles. The summed E-state index contributed by atoms with van der Waals surface area (Å²) in [7, 11) is 0. The maximum atomic E-state index is 4.15. The van der Waals surface area contributed by atoms with Crippen molar-refractivity contribution in [3.05, 3.63) is 18.6 Å². The number of nitrogens with one attached hydrogen (secondary N) is 1. The number of aromatic nitrogens is 2. The number of hydrogen-bond acceptors (Lipinski definition) is 3. The first-order chi connectivity index (χ1) is 5.84. The fourth-order valence-electron chi connectivity index (χ4n) is 1.60. The highest BCUT2D eigenvalue weighted by molar-refractivity contribution is 5.32. The predicted octanol–water partition coefficient (Wildman–Crippen LogP) is 1.69. The van der Waals surface area contributed by atoms with E-state index in [0.29, 0.717) is 6.04 Å². The van der Waals surface area contributed by atoms with Crippen LogP contribution in [0.25, 0.3) is 0 Å². The molecule has 0 aliphatic heterocycles. The van der Waals surface area contributed by atoms with Crippen LogP contribution in [0.3, 0.4) is 0 Å². The van der Waals surface area contributed by atoms with Crippen molar-refractivity contribution in [2.75, 3.05) is 5.32 Å². The summed E-state index contributed by atoms with van der Waals surface area (Å²) in [6, 6.07) is 0.622. The molecule has 1 aromatic heterocycles. The molecule has 0 spiro atoms. The molecule has 1 aromatic rings. The van der Waals surface area contributed by atoms with Crippen LogP contribution in [0.15, 0.2) is 18.6 Å². The van der Waals surface area contributed by atoms with Gasteiger partial charge in [-0.1, -0.05) is 6.92 Å². The van der Waals surface area contributed by atoms with Crippen molar-refractivity contribution >= 4 is 5.82 Å². The van der Waals surface area contributed by atoms with E-state index < -0.39 is 0 Å². The van der Waals surface area contributed by atoms with Gasteiger partial charge in [0.1, 0.15) is 5.82 Å². The van der Waals surface area contributed by atoms with Gasteiger partial charge in [-0.05, 0) is 18.8 Å². The van der Waals surface area contributed by atoms with Gasteiger partial charge in [-0.3, -0.25) is 4.98 Å². The Balaban J connectivity index is 1.88. The third-order valence-corrected chi connectivity index (χ3v) is 2.29. The van der Waals surface area contributed by atoms with Gasteiger partial charge in [0.15, 0.2) is 0 Å². The van der Waals surface area contributed by atoms with Gasteiger partial charge >= 0.3 is 0 Å². The quantitative estimate of drug-likeness (QED) is 0.721. The minimum Gasteiger partial charge on any atom is -0.366 e. The highest BCUT2D eigenvalue weighted by Gasteiger charge is 2.24. The van der Waals surface area contributed by atoms with Gasteiger partial charge in [0.2, 0.25) is 0 Å². The third-order valence-electron chi connectivity index (χ3n) is 2.29. The summed E-state index contributed by atoms with van der Waals surface area (Å²) >= 11 is 0. The third kappa shape index (κ3) is 1.55. The minimum absolute atomic E-state index is 0.622. The molecular formula is C9H13N3. The molecule has 2 rings (SSSR count). The average Bonchev–Trinajstić information content (AvgIpc) is 2.04. The van der Waals surface area contributed by atoms with Crippen molar-refractivity contribution in [2.45, 2.75) is 25.8 Å². The van der Waals surface area contributed by atoms with Crippen molar-refractivity contribution in [1.29, 1.82) is 0 Å². The van der Waals surface area contributed by atoms with E-state index in [4.69, 9.17) is 0 Å². The highest BCUT2D eigenvalue weighted by Crippen LogP contribution is 2.28. The fourth-order valence-corrected chi connectivity index (χ4v) is 1.60. The van der Waals surface area contributed by atoms with Gasteiger partial charge in [0.05, 0.1) is 6.20 Å². The molecule has 3 heteroatoms. The summed E-state index contributed by atoms with van der Waals surface area (Å²) in [4.78, 5) is 8.14. The van der Waals surface area contributed by atoms with Crippen LogP contribution in [0.5, 0.6) is 0 Å². The second-order valence-corrected chi connectivity index (χ2v) is 3.51. The molecule has 1 fully saturated rings. The molecule has 0 unspecified atom stereocenters. The Labute approximate surface area is 72.2 Å². The maximum Gasteiger partial charge on any atom is 0.144 e. The van der Waals surface area contributed by atoms with Crippen LogP contribution < -0.4 is 5.32 Å². The molecule has 1 N–H and O–H groups in total. The van der Waals surface area contributed by atoms with Gasteiger partial charge in [-0.15, -0.1) is 0 Å². The van der Waals surface area contributed by atoms with Crippen LogP contribution in [0.1, 0.15) is 19.8 Å². The molecule has 0 radical (unpaired) electrons. The molecule has 1 aliphatic carbocycles. The van der Waals surface area contributed by atoms with Gasteiger partial charge in [-0.2, -0.15) is 0 Å². The number of nitrogens with zero attached hydrogens (tertiary/aromatic N) is 2. The van der Waals surface area contributed by atoms with Crippen molar-refractivity contribution in [2.24, 2.45) is 5.92 Å². The van der Waals surface area contributed by atoms with Crippen molar-refractivity contribution in [3.8, 4) is 0 Å². The zero-order valence-electron chi connectivity index (χ0n) is 7.20. The lowest BCUT2D eigenvalue weighted by molar-refractivity contribution is 0.308. The normalized spacial score (nSPS) is 27.8. The molecule has 0 saturated heterocycles. The molecule has 0 atom stereocenters. The van der Waals surface area contributed by atoms with Crippen LogP contribution >= 0.6 is 0 Å². The highest BCUT2D eigenvalue weighted by atomic mass is 15.0. The number of anilines is 1. The first kappa shape index (κ1) is 7.53. The summed E-state index contributed by atoms with van der Waals surface area (Å²) in [6.07, 6.45) is 7.69. The molecule has 1 aliphatic rings. The van der Waals surface area contributed by atoms with Crippen molar-refractivity contribution in [3.63, 3.8) is 0 Å². The van der Waals surface area contributed by atoms with Crippen LogP contribution in [0, 0.1) is 5.92 Å². The van der Waals surface area contributed by atoms with Crippen molar-refractivity contribution in [1.82, 2.24) is 9.97 Å². The zero-order chi connectivity index (χ0) is 8.39. The second kappa shape index (κ2) is 3.09. The topological polar surface area (TPSA) is 37.8 Å². The van der Waals surface area contributed by atoms with Crippen molar-refractivity contribution < 1.29 is 0 Å². The number of rotatable bonds is 2. The molecule has 0 bridgehead atoms. The Hall–Kier alpha value is -1.12. The minimum atomic E-state index is 0.622. The zero-order valence-corrected chi connectivity index (χ0v) is 7.20. The van der Waals surface area contributed by atoms with E-state index in [2.05, 4.69) is 22.2 Å². The maximum absolute atomic E-state index is 4.15. The first-order valence-electron chi connectivity index (χ1n) is 4.37. The molecule has 64 valence electrons. The summed E-state index contributed by atoms with van der Waals surface area (Å²) in [5.41, 5.74) is 0. The van der Waals surface area contributed by atoms with E-state index in [1.54, 1.807) is 18.6 Å². The van der Waals surface area contributed by atoms with E-state index in [0.717, 1.165) is 11.7 Å². The van der Waals surface area contributed by atoms with Crippen LogP contribution in [0.2, 0.25) is 0 Å². The Morgan fingerprint density at radius 3 is 2.83 bits per heavy atom. The van der Waals surface area contributed by atoms with E-state index >= 15 is 0 Å². The molecule has 1 heterocycles. The summed E-state index contributed by atoms with van der Waals surface area (Å²) < 4.78 is 0. The van der Waals surface area contributed by atoms with E-state index in [-0.39, 0.29) is 0 Å².